The van der Waals surface area contributed by atoms with Crippen LogP contribution >= 0.6 is 11.6 Å². The molecular formula is C27H26ClN3O2. The third-order valence-electron chi connectivity index (χ3n) is 6.69. The normalized spacial score (nSPS) is 18.4. The molecule has 0 aliphatic heterocycles. The minimum Gasteiger partial charge on any atom is -0.469 e. The third kappa shape index (κ3) is 4.79. The second-order valence-electron chi connectivity index (χ2n) is 8.80. The maximum atomic E-state index is 11.5. The minimum atomic E-state index is -0.0916. The average molecular weight is 460 g/mol. The van der Waals surface area contributed by atoms with Crippen molar-refractivity contribution in [2.24, 2.45) is 5.92 Å². The number of benzene rings is 2. The molecule has 33 heavy (non-hydrogen) atoms. The molecule has 0 bridgehead atoms. The van der Waals surface area contributed by atoms with Gasteiger partial charge in [-0.1, -0.05) is 35.9 Å². The van der Waals surface area contributed by atoms with E-state index in [4.69, 9.17) is 16.3 Å². The van der Waals surface area contributed by atoms with E-state index in [1.54, 1.807) is 0 Å². The fourth-order valence-electron chi connectivity index (χ4n) is 4.77. The van der Waals surface area contributed by atoms with Crippen LogP contribution in [0, 0.1) is 5.92 Å². The fraction of sp³-hybridized carbons (Fsp3) is 0.296. The lowest BCUT2D eigenvalue weighted by atomic mass is 9.77. The molecule has 0 radical (unpaired) electrons. The van der Waals surface area contributed by atoms with Crippen molar-refractivity contribution < 1.29 is 9.53 Å². The Balaban J connectivity index is 1.25. The highest BCUT2D eigenvalue weighted by molar-refractivity contribution is 6.31. The Bertz CT molecular complexity index is 1260. The summed E-state index contributed by atoms with van der Waals surface area (Å²) in [5.41, 5.74) is 6.14. The van der Waals surface area contributed by atoms with E-state index in [1.165, 1.54) is 12.7 Å². The van der Waals surface area contributed by atoms with E-state index >= 15 is 0 Å². The number of H-pyrrole nitrogens is 1. The van der Waals surface area contributed by atoms with Crippen molar-refractivity contribution in [3.8, 4) is 22.6 Å². The SMILES string of the molecule is COC(=O)CC1CCC(c2ccc(-c3ccc(-c4nc5ccc(Cl)cc5[nH]4)cn3)cc2)CC1. The summed E-state index contributed by atoms with van der Waals surface area (Å²) >= 11 is 6.08. The first-order chi connectivity index (χ1) is 16.1. The van der Waals surface area contributed by atoms with Crippen LogP contribution in [-0.4, -0.2) is 28.0 Å². The first kappa shape index (κ1) is 21.7. The van der Waals surface area contributed by atoms with Crippen LogP contribution in [0.4, 0.5) is 0 Å². The Morgan fingerprint density at radius 1 is 1.03 bits per heavy atom. The molecule has 0 saturated heterocycles. The number of carbonyl (C=O) groups excluding carboxylic acids is 1. The van der Waals surface area contributed by atoms with E-state index in [0.717, 1.165) is 59.4 Å². The van der Waals surface area contributed by atoms with Crippen molar-refractivity contribution >= 4 is 28.6 Å². The first-order valence-electron chi connectivity index (χ1n) is 11.4. The molecule has 4 aromatic rings. The van der Waals surface area contributed by atoms with Crippen LogP contribution in [0.3, 0.4) is 0 Å². The summed E-state index contributed by atoms with van der Waals surface area (Å²) in [4.78, 5) is 24.1. The molecule has 1 saturated carbocycles. The molecule has 5 rings (SSSR count). The molecule has 0 unspecified atom stereocenters. The van der Waals surface area contributed by atoms with Crippen molar-refractivity contribution in [2.45, 2.75) is 38.0 Å². The molecule has 2 aromatic carbocycles. The zero-order valence-electron chi connectivity index (χ0n) is 18.6. The average Bonchev–Trinajstić information content (AvgIpc) is 3.28. The zero-order valence-corrected chi connectivity index (χ0v) is 19.3. The Morgan fingerprint density at radius 2 is 1.79 bits per heavy atom. The molecule has 1 aliphatic rings. The summed E-state index contributed by atoms with van der Waals surface area (Å²) in [7, 11) is 1.47. The lowest BCUT2D eigenvalue weighted by Crippen LogP contribution is -2.17. The standard InChI is InChI=1S/C27H26ClN3O2/c1-33-26(32)14-17-2-4-18(5-3-17)19-6-8-20(9-7-19)23-12-10-21(16-29-23)27-30-24-13-11-22(28)15-25(24)31-27/h6-13,15-18H,2-5,14H2,1H3,(H,30,31). The zero-order chi connectivity index (χ0) is 22.8. The summed E-state index contributed by atoms with van der Waals surface area (Å²) < 4.78 is 4.82. The van der Waals surface area contributed by atoms with Gasteiger partial charge in [0.25, 0.3) is 0 Å². The van der Waals surface area contributed by atoms with E-state index in [-0.39, 0.29) is 5.97 Å². The van der Waals surface area contributed by atoms with Gasteiger partial charge in [-0.15, -0.1) is 0 Å². The van der Waals surface area contributed by atoms with Crippen molar-refractivity contribution in [3.63, 3.8) is 0 Å². The van der Waals surface area contributed by atoms with Crippen LogP contribution in [0.2, 0.25) is 5.02 Å². The second-order valence-corrected chi connectivity index (χ2v) is 9.24. The predicted octanol–water partition coefficient (Wildman–Crippen LogP) is 6.78. The number of fused-ring (bicyclic) bond motifs is 1. The van der Waals surface area contributed by atoms with Crippen molar-refractivity contribution in [1.82, 2.24) is 15.0 Å². The number of aromatic nitrogens is 3. The maximum absolute atomic E-state index is 11.5. The van der Waals surface area contributed by atoms with Gasteiger partial charge < -0.3 is 9.72 Å². The molecule has 0 spiro atoms. The Kier molecular flexibility index (Phi) is 6.14. The van der Waals surface area contributed by atoms with Gasteiger partial charge in [-0.05, 0) is 73.4 Å². The van der Waals surface area contributed by atoms with Gasteiger partial charge in [-0.25, -0.2) is 4.98 Å². The van der Waals surface area contributed by atoms with Gasteiger partial charge in [0.15, 0.2) is 0 Å². The van der Waals surface area contributed by atoms with Crippen molar-refractivity contribution in [2.75, 3.05) is 7.11 Å². The highest BCUT2D eigenvalue weighted by atomic mass is 35.5. The number of hydrogen-bond donors (Lipinski definition) is 1. The van der Waals surface area contributed by atoms with E-state index in [9.17, 15) is 4.79 Å². The molecule has 1 N–H and O–H groups in total. The van der Waals surface area contributed by atoms with Crippen molar-refractivity contribution in [1.29, 1.82) is 0 Å². The maximum Gasteiger partial charge on any atom is 0.305 e. The second kappa shape index (κ2) is 9.36. The van der Waals surface area contributed by atoms with Crippen LogP contribution in [0.15, 0.2) is 60.8 Å². The number of nitrogens with one attached hydrogen (secondary N) is 1. The summed E-state index contributed by atoms with van der Waals surface area (Å²) in [5.74, 6) is 1.71. The van der Waals surface area contributed by atoms with Crippen LogP contribution in [0.1, 0.15) is 43.6 Å². The van der Waals surface area contributed by atoms with Gasteiger partial charge in [0, 0.05) is 28.8 Å². The van der Waals surface area contributed by atoms with Crippen LogP contribution in [0.5, 0.6) is 0 Å². The number of methoxy groups -OCH3 is 1. The lowest BCUT2D eigenvalue weighted by Gasteiger charge is -2.28. The monoisotopic (exact) mass is 459 g/mol. The summed E-state index contributed by atoms with van der Waals surface area (Å²) in [6.07, 6.45) is 6.81. The molecule has 6 heteroatoms. The van der Waals surface area contributed by atoms with E-state index in [2.05, 4.69) is 39.2 Å². The third-order valence-corrected chi connectivity index (χ3v) is 6.92. The number of aromatic amines is 1. The number of ether oxygens (including phenoxy) is 1. The van der Waals surface area contributed by atoms with Gasteiger partial charge >= 0.3 is 5.97 Å². The quantitative estimate of drug-likeness (QED) is 0.334. The largest absolute Gasteiger partial charge is 0.469 e. The van der Waals surface area contributed by atoms with Crippen LogP contribution in [0.25, 0.3) is 33.7 Å². The molecule has 168 valence electrons. The topological polar surface area (TPSA) is 67.9 Å². The molecule has 0 atom stereocenters. The van der Waals surface area contributed by atoms with Gasteiger partial charge in [0.2, 0.25) is 0 Å². The molecular weight excluding hydrogens is 434 g/mol. The van der Waals surface area contributed by atoms with Gasteiger partial charge in [0.1, 0.15) is 5.82 Å². The molecule has 0 amide bonds. The Morgan fingerprint density at radius 3 is 2.48 bits per heavy atom. The minimum absolute atomic E-state index is 0.0916. The predicted molar refractivity (Wildman–Crippen MR) is 131 cm³/mol. The van der Waals surface area contributed by atoms with Crippen LogP contribution in [-0.2, 0) is 9.53 Å². The molecule has 1 fully saturated rings. The van der Waals surface area contributed by atoms with Crippen LogP contribution < -0.4 is 0 Å². The lowest BCUT2D eigenvalue weighted by molar-refractivity contribution is -0.142. The van der Waals surface area contributed by atoms with E-state index < -0.39 is 0 Å². The molecule has 2 heterocycles. The fourth-order valence-corrected chi connectivity index (χ4v) is 4.94. The Labute approximate surface area is 198 Å². The number of carbonyl (C=O) groups is 1. The highest BCUT2D eigenvalue weighted by Gasteiger charge is 2.24. The number of rotatable bonds is 5. The van der Waals surface area contributed by atoms with E-state index in [1.807, 2.05) is 36.5 Å². The molecule has 5 nitrogen and oxygen atoms in total. The number of hydrogen-bond acceptors (Lipinski definition) is 4. The van der Waals surface area contributed by atoms with Gasteiger partial charge in [-0.2, -0.15) is 0 Å². The van der Waals surface area contributed by atoms with Gasteiger partial charge in [-0.3, -0.25) is 9.78 Å². The number of halogens is 1. The summed E-state index contributed by atoms with van der Waals surface area (Å²) in [6, 6.07) is 18.4. The van der Waals surface area contributed by atoms with Gasteiger partial charge in [0.05, 0.1) is 23.8 Å². The first-order valence-corrected chi connectivity index (χ1v) is 11.8. The number of esters is 1. The van der Waals surface area contributed by atoms with E-state index in [0.29, 0.717) is 23.3 Å². The highest BCUT2D eigenvalue weighted by Crippen LogP contribution is 2.37. The molecule has 2 aromatic heterocycles. The number of imidazole rings is 1. The smallest absolute Gasteiger partial charge is 0.305 e. The number of nitrogens with zero attached hydrogens (tertiary/aromatic N) is 2. The Hall–Kier alpha value is -3.18. The van der Waals surface area contributed by atoms with Crippen molar-refractivity contribution in [3.05, 3.63) is 71.4 Å². The number of pyridine rings is 1. The summed E-state index contributed by atoms with van der Waals surface area (Å²) in [5, 5.41) is 0.684. The molecule has 1 aliphatic carbocycles. The summed E-state index contributed by atoms with van der Waals surface area (Å²) in [6.45, 7) is 0.